The van der Waals surface area contributed by atoms with Crippen molar-refractivity contribution in [1.29, 1.82) is 0 Å². The molecule has 0 fully saturated rings. The zero-order valence-corrected chi connectivity index (χ0v) is 24.2. The maximum Gasteiger partial charge on any atom is 0.302 e. The van der Waals surface area contributed by atoms with Crippen molar-refractivity contribution in [3.63, 3.8) is 0 Å². The third kappa shape index (κ3) is 12.6. The monoisotopic (exact) mass is 523 g/mol. The van der Waals surface area contributed by atoms with Crippen molar-refractivity contribution in [2.45, 2.75) is 118 Å². The van der Waals surface area contributed by atoms with Crippen LogP contribution in [0.3, 0.4) is 0 Å². The molecule has 0 radical (unpaired) electrons. The number of unbranched alkanes of at least 4 members (excludes halogenated alkanes) is 11. The van der Waals surface area contributed by atoms with E-state index in [1.54, 1.807) is 11.8 Å². The van der Waals surface area contributed by atoms with Gasteiger partial charge < -0.3 is 14.4 Å². The molecule has 5 nitrogen and oxygen atoms in total. The second-order valence-corrected chi connectivity index (χ2v) is 10.4. The number of hydrogen-bond donors (Lipinski definition) is 0. The number of aryl methyl sites for hydroxylation is 1. The second-order valence-electron chi connectivity index (χ2n) is 10.4. The molecule has 0 aliphatic carbocycles. The summed E-state index contributed by atoms with van der Waals surface area (Å²) in [5, 5.41) is 0. The van der Waals surface area contributed by atoms with E-state index in [2.05, 4.69) is 26.0 Å². The number of nitrogens with zero attached hydrogens (tertiary/aromatic N) is 1. The normalized spacial score (nSPS) is 10.8. The van der Waals surface area contributed by atoms with Crippen LogP contribution in [0.4, 0.5) is 5.69 Å². The van der Waals surface area contributed by atoms with E-state index in [1.165, 1.54) is 77.6 Å². The van der Waals surface area contributed by atoms with E-state index in [-0.39, 0.29) is 18.5 Å². The predicted octanol–water partition coefficient (Wildman–Crippen LogP) is 8.69. The molecule has 0 bridgehead atoms. The van der Waals surface area contributed by atoms with Gasteiger partial charge >= 0.3 is 5.97 Å². The van der Waals surface area contributed by atoms with Crippen LogP contribution < -0.4 is 9.64 Å². The molecule has 38 heavy (non-hydrogen) atoms. The summed E-state index contributed by atoms with van der Waals surface area (Å²) in [6.45, 7) is 8.57. The van der Waals surface area contributed by atoms with E-state index in [9.17, 15) is 9.59 Å². The summed E-state index contributed by atoms with van der Waals surface area (Å²) in [7, 11) is 0. The third-order valence-corrected chi connectivity index (χ3v) is 6.84. The van der Waals surface area contributed by atoms with Crippen LogP contribution in [0, 0.1) is 6.92 Å². The van der Waals surface area contributed by atoms with Crippen LogP contribution in [-0.4, -0.2) is 18.5 Å². The molecule has 0 aliphatic heterocycles. The highest BCUT2D eigenvalue weighted by atomic mass is 16.5. The average molecular weight is 524 g/mol. The van der Waals surface area contributed by atoms with Crippen LogP contribution in [0.1, 0.15) is 115 Å². The lowest BCUT2D eigenvalue weighted by Gasteiger charge is -2.24. The smallest absolute Gasteiger partial charge is 0.302 e. The number of esters is 1. The van der Waals surface area contributed by atoms with Gasteiger partial charge in [-0.05, 0) is 37.1 Å². The fraction of sp³-hybridized carbons (Fsp3) is 0.576. The summed E-state index contributed by atoms with van der Waals surface area (Å²) in [6, 6.07) is 13.7. The summed E-state index contributed by atoms with van der Waals surface area (Å²) in [4.78, 5) is 25.5. The summed E-state index contributed by atoms with van der Waals surface area (Å²) < 4.78 is 11.3. The van der Waals surface area contributed by atoms with E-state index >= 15 is 0 Å². The van der Waals surface area contributed by atoms with Gasteiger partial charge in [-0.15, -0.1) is 0 Å². The Hall–Kier alpha value is -2.82. The highest BCUT2D eigenvalue weighted by Gasteiger charge is 2.16. The Morgan fingerprint density at radius 2 is 1.42 bits per heavy atom. The molecule has 2 aromatic carbocycles. The maximum atomic E-state index is 12.6. The van der Waals surface area contributed by atoms with Gasteiger partial charge in [-0.25, -0.2) is 0 Å². The van der Waals surface area contributed by atoms with E-state index in [0.717, 1.165) is 34.5 Å². The quantitative estimate of drug-likeness (QED) is 0.136. The number of benzene rings is 2. The number of ether oxygens (including phenoxy) is 2. The van der Waals surface area contributed by atoms with Gasteiger partial charge in [-0.1, -0.05) is 107 Å². The van der Waals surface area contributed by atoms with Gasteiger partial charge in [0.1, 0.15) is 12.4 Å². The molecule has 0 aromatic heterocycles. The number of amides is 1. The van der Waals surface area contributed by atoms with Crippen LogP contribution in [0.25, 0.3) is 0 Å². The molecule has 0 unspecified atom stereocenters. The van der Waals surface area contributed by atoms with Crippen LogP contribution in [0.15, 0.2) is 42.5 Å². The van der Waals surface area contributed by atoms with Crippen molar-refractivity contribution < 1.29 is 19.1 Å². The zero-order chi connectivity index (χ0) is 27.6. The number of hydrogen-bond acceptors (Lipinski definition) is 4. The van der Waals surface area contributed by atoms with E-state index in [4.69, 9.17) is 9.47 Å². The first-order chi connectivity index (χ1) is 18.4. The molecule has 0 heterocycles. The minimum Gasteiger partial charge on any atom is -0.493 e. The first-order valence-electron chi connectivity index (χ1n) is 14.6. The highest BCUT2D eigenvalue weighted by molar-refractivity contribution is 5.91. The maximum absolute atomic E-state index is 12.6. The molecule has 0 atom stereocenters. The minimum absolute atomic E-state index is 0.0527. The summed E-state index contributed by atoms with van der Waals surface area (Å²) in [5.41, 5.74) is 3.74. The Balaban J connectivity index is 1.82. The van der Waals surface area contributed by atoms with Crippen molar-refractivity contribution in [2.24, 2.45) is 0 Å². The number of anilines is 1. The Bertz CT molecular complexity index is 971. The lowest BCUT2D eigenvalue weighted by Crippen LogP contribution is -2.28. The van der Waals surface area contributed by atoms with E-state index in [1.807, 2.05) is 30.3 Å². The molecule has 2 rings (SSSR count). The van der Waals surface area contributed by atoms with Crippen LogP contribution >= 0.6 is 0 Å². The molecule has 0 N–H and O–H groups in total. The zero-order valence-electron chi connectivity index (χ0n) is 24.2. The summed E-state index contributed by atoms with van der Waals surface area (Å²) >= 11 is 0. The van der Waals surface area contributed by atoms with Crippen molar-refractivity contribution in [3.8, 4) is 5.75 Å². The SMILES string of the molecule is CCCCCCCCCCCCCCOc1ccc(C)cc1CN(C(C)=O)c1cccc(COC(C)=O)c1. The standard InChI is InChI=1S/C33H49NO4/c1-5-6-7-8-9-10-11-12-13-14-15-16-22-37-33-21-20-27(2)23-31(33)25-34(28(3)35)32-19-17-18-30(24-32)26-38-29(4)36/h17-21,23-24H,5-16,22,25-26H2,1-4H3. The number of carbonyl (C=O) groups is 2. The average Bonchev–Trinajstić information content (AvgIpc) is 2.89. The molecular formula is C33H49NO4. The van der Waals surface area contributed by atoms with Gasteiger partial charge in [0.2, 0.25) is 5.91 Å². The van der Waals surface area contributed by atoms with Gasteiger partial charge in [-0.2, -0.15) is 0 Å². The van der Waals surface area contributed by atoms with Crippen molar-refractivity contribution >= 4 is 17.6 Å². The molecule has 0 spiro atoms. The van der Waals surface area contributed by atoms with Crippen molar-refractivity contribution in [3.05, 3.63) is 59.2 Å². The first kappa shape index (κ1) is 31.4. The molecule has 0 saturated heterocycles. The number of carbonyl (C=O) groups excluding carboxylic acids is 2. The predicted molar refractivity (Wildman–Crippen MR) is 157 cm³/mol. The van der Waals surface area contributed by atoms with Crippen molar-refractivity contribution in [2.75, 3.05) is 11.5 Å². The Morgan fingerprint density at radius 1 is 0.789 bits per heavy atom. The molecule has 2 aromatic rings. The third-order valence-electron chi connectivity index (χ3n) is 6.84. The van der Waals surface area contributed by atoms with E-state index in [0.29, 0.717) is 13.2 Å². The second kappa shape index (κ2) is 18.4. The summed E-state index contributed by atoms with van der Waals surface area (Å²) in [5.74, 6) is 0.456. The molecule has 0 aliphatic rings. The Morgan fingerprint density at radius 3 is 2.03 bits per heavy atom. The lowest BCUT2D eigenvalue weighted by molar-refractivity contribution is -0.142. The Kier molecular flexibility index (Phi) is 15.2. The van der Waals surface area contributed by atoms with Crippen LogP contribution in [0.2, 0.25) is 0 Å². The van der Waals surface area contributed by atoms with Crippen molar-refractivity contribution in [1.82, 2.24) is 0 Å². The lowest BCUT2D eigenvalue weighted by atomic mass is 10.1. The molecular weight excluding hydrogens is 474 g/mol. The van der Waals surface area contributed by atoms with Gasteiger partial charge in [0.15, 0.2) is 0 Å². The van der Waals surface area contributed by atoms with Crippen LogP contribution in [0.5, 0.6) is 5.75 Å². The minimum atomic E-state index is -0.325. The van der Waals surface area contributed by atoms with Gasteiger partial charge in [0.25, 0.3) is 0 Å². The fourth-order valence-corrected chi connectivity index (χ4v) is 4.65. The summed E-state index contributed by atoms with van der Waals surface area (Å²) in [6.07, 6.45) is 15.8. The fourth-order valence-electron chi connectivity index (χ4n) is 4.65. The van der Waals surface area contributed by atoms with E-state index < -0.39 is 0 Å². The molecule has 0 saturated carbocycles. The largest absolute Gasteiger partial charge is 0.493 e. The topological polar surface area (TPSA) is 55.8 Å². The first-order valence-corrected chi connectivity index (χ1v) is 14.6. The Labute approximate surface area is 230 Å². The van der Waals surface area contributed by atoms with Gasteiger partial charge in [0.05, 0.1) is 13.2 Å². The van der Waals surface area contributed by atoms with Crippen LogP contribution in [-0.2, 0) is 27.5 Å². The van der Waals surface area contributed by atoms with Gasteiger partial charge in [0, 0.05) is 25.1 Å². The molecule has 1 amide bonds. The number of rotatable bonds is 19. The highest BCUT2D eigenvalue weighted by Crippen LogP contribution is 2.26. The van der Waals surface area contributed by atoms with Gasteiger partial charge in [-0.3, -0.25) is 9.59 Å². The molecule has 210 valence electrons. The molecule has 5 heteroatoms.